The van der Waals surface area contributed by atoms with Crippen LogP contribution in [0.2, 0.25) is 0 Å². The van der Waals surface area contributed by atoms with Gasteiger partial charge in [-0.2, -0.15) is 9.61 Å². The highest BCUT2D eigenvalue weighted by Crippen LogP contribution is 2.31. The van der Waals surface area contributed by atoms with E-state index in [9.17, 15) is 9.90 Å². The molecule has 3 heterocycles. The van der Waals surface area contributed by atoms with Gasteiger partial charge in [-0.05, 0) is 53.7 Å². The van der Waals surface area contributed by atoms with Crippen LogP contribution in [0.3, 0.4) is 0 Å². The summed E-state index contributed by atoms with van der Waals surface area (Å²) < 4.78 is 7.89. The highest BCUT2D eigenvalue weighted by Gasteiger charge is 2.22. The first-order valence-corrected chi connectivity index (χ1v) is 10.9. The van der Waals surface area contributed by atoms with Gasteiger partial charge in [-0.1, -0.05) is 12.1 Å². The van der Waals surface area contributed by atoms with Crippen molar-refractivity contribution in [1.29, 1.82) is 0 Å². The number of carbonyl (C=O) groups excluding carboxylic acids is 1. The highest BCUT2D eigenvalue weighted by molar-refractivity contribution is 9.10. The van der Waals surface area contributed by atoms with Crippen molar-refractivity contribution in [2.75, 3.05) is 25.0 Å². The predicted octanol–water partition coefficient (Wildman–Crippen LogP) is 3.35. The maximum absolute atomic E-state index is 12.0. The number of nitrogens with zero attached hydrogens (tertiary/aromatic N) is 3. The minimum atomic E-state index is -0.278. The zero-order valence-electron chi connectivity index (χ0n) is 16.5. The van der Waals surface area contributed by atoms with Crippen molar-refractivity contribution in [1.82, 2.24) is 19.9 Å². The highest BCUT2D eigenvalue weighted by atomic mass is 79.9. The fourth-order valence-electron chi connectivity index (χ4n) is 3.47. The first-order chi connectivity index (χ1) is 14.6. The fourth-order valence-corrected chi connectivity index (χ4v) is 3.81. The van der Waals surface area contributed by atoms with Crippen LogP contribution in [-0.2, 0) is 9.53 Å². The Morgan fingerprint density at radius 3 is 2.93 bits per heavy atom. The number of unbranched alkanes of at least 4 members (excludes halogenated alkanes) is 1. The van der Waals surface area contributed by atoms with E-state index < -0.39 is 0 Å². The van der Waals surface area contributed by atoms with Crippen LogP contribution in [0.5, 0.6) is 5.75 Å². The van der Waals surface area contributed by atoms with Gasteiger partial charge in [-0.25, -0.2) is 4.98 Å². The SMILES string of the molecule is O=C(NCCCCNc1cc(-c2ccccc2O)nc2c(Br)cnn12)C1CCCO1. The Morgan fingerprint density at radius 1 is 1.30 bits per heavy atom. The molecule has 3 aromatic rings. The summed E-state index contributed by atoms with van der Waals surface area (Å²) in [4.78, 5) is 16.6. The maximum Gasteiger partial charge on any atom is 0.249 e. The summed E-state index contributed by atoms with van der Waals surface area (Å²) >= 11 is 3.48. The second kappa shape index (κ2) is 9.44. The number of phenolic OH excluding ortho intramolecular Hbond substituents is 1. The molecule has 1 aliphatic heterocycles. The number of hydrogen-bond donors (Lipinski definition) is 3. The third kappa shape index (κ3) is 4.57. The molecule has 1 amide bonds. The molecule has 1 atom stereocenters. The summed E-state index contributed by atoms with van der Waals surface area (Å²) in [5.41, 5.74) is 1.99. The fraction of sp³-hybridized carbons (Fsp3) is 0.381. The molecule has 9 heteroatoms. The number of benzene rings is 1. The second-order valence-electron chi connectivity index (χ2n) is 7.20. The van der Waals surface area contributed by atoms with Crippen molar-refractivity contribution in [3.63, 3.8) is 0 Å². The lowest BCUT2D eigenvalue weighted by atomic mass is 10.1. The summed E-state index contributed by atoms with van der Waals surface area (Å²) in [6.45, 7) is 2.02. The quantitative estimate of drug-likeness (QED) is 0.433. The van der Waals surface area contributed by atoms with Gasteiger partial charge in [0.1, 0.15) is 17.7 Å². The third-order valence-electron chi connectivity index (χ3n) is 5.04. The van der Waals surface area contributed by atoms with Gasteiger partial charge in [0, 0.05) is 31.3 Å². The average Bonchev–Trinajstić information content (AvgIpc) is 3.41. The van der Waals surface area contributed by atoms with Gasteiger partial charge in [0.05, 0.1) is 16.4 Å². The van der Waals surface area contributed by atoms with Gasteiger partial charge in [0.25, 0.3) is 0 Å². The number of aromatic hydroxyl groups is 1. The summed E-state index contributed by atoms with van der Waals surface area (Å²) in [6.07, 6.45) is 4.92. The lowest BCUT2D eigenvalue weighted by molar-refractivity contribution is -0.130. The van der Waals surface area contributed by atoms with Crippen LogP contribution < -0.4 is 10.6 Å². The number of fused-ring (bicyclic) bond motifs is 1. The lowest BCUT2D eigenvalue weighted by Crippen LogP contribution is -2.34. The number of nitrogens with one attached hydrogen (secondary N) is 2. The van der Waals surface area contributed by atoms with Crippen molar-refractivity contribution in [2.24, 2.45) is 0 Å². The van der Waals surface area contributed by atoms with Crippen molar-refractivity contribution >= 4 is 33.3 Å². The molecule has 3 N–H and O–H groups in total. The number of aromatic nitrogens is 3. The van der Waals surface area contributed by atoms with Crippen molar-refractivity contribution < 1.29 is 14.6 Å². The Balaban J connectivity index is 1.37. The van der Waals surface area contributed by atoms with Crippen LogP contribution in [0.1, 0.15) is 25.7 Å². The molecule has 1 saturated heterocycles. The summed E-state index contributed by atoms with van der Waals surface area (Å²) in [6, 6.07) is 9.00. The van der Waals surface area contributed by atoms with Crippen LogP contribution in [0.4, 0.5) is 5.82 Å². The Bertz CT molecular complexity index is 1030. The van der Waals surface area contributed by atoms with E-state index in [-0.39, 0.29) is 17.8 Å². The number of ether oxygens (including phenoxy) is 1. The number of hydrogen-bond acceptors (Lipinski definition) is 6. The third-order valence-corrected chi connectivity index (χ3v) is 5.60. The zero-order chi connectivity index (χ0) is 20.9. The first kappa shape index (κ1) is 20.6. The molecule has 1 fully saturated rings. The normalized spacial score (nSPS) is 16.1. The smallest absolute Gasteiger partial charge is 0.249 e. The number of para-hydroxylation sites is 1. The van der Waals surface area contributed by atoms with Crippen LogP contribution in [-0.4, -0.2) is 51.4 Å². The topological polar surface area (TPSA) is 101 Å². The van der Waals surface area contributed by atoms with Gasteiger partial charge in [-0.15, -0.1) is 0 Å². The Morgan fingerprint density at radius 2 is 2.13 bits per heavy atom. The molecule has 8 nitrogen and oxygen atoms in total. The number of amides is 1. The molecular weight excluding hydrogens is 450 g/mol. The molecule has 0 bridgehead atoms. The molecule has 1 aliphatic rings. The molecule has 4 rings (SSSR count). The van der Waals surface area contributed by atoms with E-state index in [0.717, 1.165) is 36.0 Å². The van der Waals surface area contributed by atoms with Crippen molar-refractivity contribution in [3.8, 4) is 17.0 Å². The predicted molar refractivity (Wildman–Crippen MR) is 117 cm³/mol. The molecule has 0 spiro atoms. The summed E-state index contributed by atoms with van der Waals surface area (Å²) in [5, 5.41) is 20.9. The summed E-state index contributed by atoms with van der Waals surface area (Å²) in [7, 11) is 0. The van der Waals surface area contributed by atoms with E-state index in [1.165, 1.54) is 0 Å². The molecular formula is C21H24BrN5O3. The zero-order valence-corrected chi connectivity index (χ0v) is 18.1. The lowest BCUT2D eigenvalue weighted by Gasteiger charge is -2.12. The Hall–Kier alpha value is -2.65. The second-order valence-corrected chi connectivity index (χ2v) is 8.05. The molecule has 158 valence electrons. The minimum absolute atomic E-state index is 0.00926. The molecule has 2 aromatic heterocycles. The molecule has 30 heavy (non-hydrogen) atoms. The van der Waals surface area contributed by atoms with Crippen LogP contribution in [0.15, 0.2) is 41.0 Å². The van der Waals surface area contributed by atoms with Gasteiger partial charge in [0.15, 0.2) is 5.65 Å². The van der Waals surface area contributed by atoms with Crippen molar-refractivity contribution in [3.05, 3.63) is 41.0 Å². The van der Waals surface area contributed by atoms with E-state index in [0.29, 0.717) is 36.6 Å². The number of carbonyl (C=O) groups is 1. The Kier molecular flexibility index (Phi) is 6.49. The molecule has 1 unspecified atom stereocenters. The molecule has 1 aromatic carbocycles. The van der Waals surface area contributed by atoms with Gasteiger partial charge >= 0.3 is 0 Å². The van der Waals surface area contributed by atoms with E-state index in [2.05, 4.69) is 36.6 Å². The van der Waals surface area contributed by atoms with E-state index >= 15 is 0 Å². The summed E-state index contributed by atoms with van der Waals surface area (Å²) in [5.74, 6) is 0.954. The number of rotatable bonds is 8. The van der Waals surface area contributed by atoms with E-state index in [1.54, 1.807) is 22.8 Å². The van der Waals surface area contributed by atoms with Gasteiger partial charge < -0.3 is 20.5 Å². The number of halogens is 1. The number of anilines is 1. The van der Waals surface area contributed by atoms with Gasteiger partial charge in [0.2, 0.25) is 5.91 Å². The van der Waals surface area contributed by atoms with Crippen LogP contribution in [0, 0.1) is 0 Å². The first-order valence-electron chi connectivity index (χ1n) is 10.1. The molecule has 0 radical (unpaired) electrons. The largest absolute Gasteiger partial charge is 0.507 e. The van der Waals surface area contributed by atoms with Crippen molar-refractivity contribution in [2.45, 2.75) is 31.8 Å². The van der Waals surface area contributed by atoms with Gasteiger partial charge in [-0.3, -0.25) is 4.79 Å². The average molecular weight is 474 g/mol. The molecule has 0 saturated carbocycles. The maximum atomic E-state index is 12.0. The number of phenols is 1. The van der Waals surface area contributed by atoms with Crippen LogP contribution >= 0.6 is 15.9 Å². The monoisotopic (exact) mass is 473 g/mol. The minimum Gasteiger partial charge on any atom is -0.507 e. The Labute approximate surface area is 182 Å². The van der Waals surface area contributed by atoms with E-state index in [4.69, 9.17) is 4.74 Å². The van der Waals surface area contributed by atoms with E-state index in [1.807, 2.05) is 18.2 Å². The van der Waals surface area contributed by atoms with Crippen LogP contribution in [0.25, 0.3) is 16.9 Å². The standard InChI is InChI=1S/C21H24BrN5O3/c22-15-13-25-27-19(12-16(26-20(15)27)14-6-1-2-7-17(14)28)23-9-3-4-10-24-21(29)18-8-5-11-30-18/h1-2,6-7,12-13,18,23,28H,3-5,8-11H2,(H,24,29). The molecule has 0 aliphatic carbocycles.